The number of nitrogens with one attached hydrogen (secondary N) is 1. The Morgan fingerprint density at radius 2 is 1.92 bits per heavy atom. The molecular formula is C20H20N2O4. The average Bonchev–Trinajstić information content (AvgIpc) is 3.13. The summed E-state index contributed by atoms with van der Waals surface area (Å²) in [6.07, 6.45) is 0. The van der Waals surface area contributed by atoms with Crippen molar-refractivity contribution >= 4 is 5.91 Å². The van der Waals surface area contributed by atoms with Crippen LogP contribution in [0.5, 0.6) is 11.5 Å². The minimum atomic E-state index is -0.193. The van der Waals surface area contributed by atoms with Crippen LogP contribution >= 0.6 is 0 Å². The lowest BCUT2D eigenvalue weighted by molar-refractivity contribution is 0.0947. The first-order valence-corrected chi connectivity index (χ1v) is 8.21. The van der Waals surface area contributed by atoms with Crippen molar-refractivity contribution < 1.29 is 18.8 Å². The van der Waals surface area contributed by atoms with Crippen LogP contribution in [0.2, 0.25) is 0 Å². The molecule has 0 spiro atoms. The van der Waals surface area contributed by atoms with Gasteiger partial charge in [0.25, 0.3) is 5.91 Å². The summed E-state index contributed by atoms with van der Waals surface area (Å²) in [5.41, 5.74) is 2.28. The van der Waals surface area contributed by atoms with Gasteiger partial charge in [-0.05, 0) is 42.8 Å². The number of methoxy groups -OCH3 is 1. The van der Waals surface area contributed by atoms with Crippen LogP contribution in [0.15, 0.2) is 59.1 Å². The van der Waals surface area contributed by atoms with E-state index < -0.39 is 0 Å². The molecule has 134 valence electrons. The third-order valence-corrected chi connectivity index (χ3v) is 3.85. The zero-order valence-electron chi connectivity index (χ0n) is 14.7. The average molecular weight is 352 g/mol. The second-order valence-electron chi connectivity index (χ2n) is 5.75. The minimum absolute atomic E-state index is 0.193. The molecule has 1 amide bonds. The molecule has 2 aromatic carbocycles. The molecule has 0 aliphatic heterocycles. The van der Waals surface area contributed by atoms with Gasteiger partial charge in [-0.3, -0.25) is 4.79 Å². The zero-order chi connectivity index (χ0) is 18.4. The molecule has 0 saturated carbocycles. The number of ether oxygens (including phenoxy) is 2. The molecule has 0 fully saturated rings. The van der Waals surface area contributed by atoms with Crippen molar-refractivity contribution in [1.29, 1.82) is 0 Å². The number of aromatic nitrogens is 1. The van der Waals surface area contributed by atoms with Crippen LogP contribution in [0.3, 0.4) is 0 Å². The van der Waals surface area contributed by atoms with Crippen molar-refractivity contribution in [3.63, 3.8) is 0 Å². The van der Waals surface area contributed by atoms with E-state index in [2.05, 4.69) is 10.5 Å². The highest BCUT2D eigenvalue weighted by atomic mass is 16.5. The molecule has 0 unspecified atom stereocenters. The van der Waals surface area contributed by atoms with Crippen LogP contribution in [0.4, 0.5) is 0 Å². The Bertz CT molecular complexity index is 872. The van der Waals surface area contributed by atoms with Gasteiger partial charge in [0.1, 0.15) is 23.8 Å². The van der Waals surface area contributed by atoms with Gasteiger partial charge < -0.3 is 19.3 Å². The van der Waals surface area contributed by atoms with Crippen LogP contribution in [-0.2, 0) is 13.2 Å². The molecule has 1 N–H and O–H groups in total. The molecule has 0 saturated heterocycles. The number of carbonyl (C=O) groups excluding carboxylic acids is 1. The Hall–Kier alpha value is -3.28. The topological polar surface area (TPSA) is 73.6 Å². The summed E-state index contributed by atoms with van der Waals surface area (Å²) < 4.78 is 16.0. The number of aryl methyl sites for hydroxylation is 1. The second kappa shape index (κ2) is 8.20. The normalized spacial score (nSPS) is 10.4. The van der Waals surface area contributed by atoms with E-state index in [1.807, 2.05) is 31.2 Å². The fraction of sp³-hybridized carbons (Fsp3) is 0.200. The lowest BCUT2D eigenvalue weighted by Gasteiger charge is -2.06. The van der Waals surface area contributed by atoms with Crippen molar-refractivity contribution in [3.05, 3.63) is 77.2 Å². The Labute approximate surface area is 151 Å². The first-order valence-electron chi connectivity index (χ1n) is 8.21. The highest BCUT2D eigenvalue weighted by Gasteiger charge is 2.09. The van der Waals surface area contributed by atoms with Gasteiger partial charge in [0, 0.05) is 11.6 Å². The number of carbonyl (C=O) groups is 1. The summed E-state index contributed by atoms with van der Waals surface area (Å²) in [6, 6.07) is 16.4. The summed E-state index contributed by atoms with van der Waals surface area (Å²) in [5.74, 6) is 1.89. The van der Waals surface area contributed by atoms with Crippen molar-refractivity contribution in [2.75, 3.05) is 7.11 Å². The fourth-order valence-electron chi connectivity index (χ4n) is 2.39. The maximum Gasteiger partial charge on any atom is 0.251 e. The minimum Gasteiger partial charge on any atom is -0.497 e. The predicted octanol–water partition coefficient (Wildman–Crippen LogP) is 3.50. The molecule has 3 aromatic rings. The zero-order valence-corrected chi connectivity index (χ0v) is 14.7. The first kappa shape index (κ1) is 17.5. The standard InChI is InChI=1S/C20H20N2O4/c1-14-5-3-4-6-19(14)25-13-16-11-18(26-22-16)12-21-20(23)15-7-9-17(24-2)10-8-15/h3-11H,12-13H2,1-2H3,(H,21,23). The third kappa shape index (κ3) is 4.42. The summed E-state index contributed by atoms with van der Waals surface area (Å²) in [6.45, 7) is 2.54. The monoisotopic (exact) mass is 352 g/mol. The maximum absolute atomic E-state index is 12.1. The van der Waals surface area contributed by atoms with Gasteiger partial charge in [0.15, 0.2) is 5.76 Å². The molecule has 0 atom stereocenters. The summed E-state index contributed by atoms with van der Waals surface area (Å²) in [4.78, 5) is 12.1. The Morgan fingerprint density at radius 3 is 2.65 bits per heavy atom. The highest BCUT2D eigenvalue weighted by molar-refractivity contribution is 5.94. The van der Waals surface area contributed by atoms with Crippen LogP contribution in [0, 0.1) is 6.92 Å². The number of benzene rings is 2. The molecule has 1 heterocycles. The van der Waals surface area contributed by atoms with E-state index >= 15 is 0 Å². The smallest absolute Gasteiger partial charge is 0.251 e. The van der Waals surface area contributed by atoms with Gasteiger partial charge in [-0.2, -0.15) is 0 Å². The molecule has 26 heavy (non-hydrogen) atoms. The number of nitrogens with zero attached hydrogens (tertiary/aromatic N) is 1. The van der Waals surface area contributed by atoms with Crippen molar-refractivity contribution in [2.45, 2.75) is 20.1 Å². The molecule has 1 aromatic heterocycles. The van der Waals surface area contributed by atoms with E-state index in [0.717, 1.165) is 11.3 Å². The van der Waals surface area contributed by atoms with Gasteiger partial charge >= 0.3 is 0 Å². The van der Waals surface area contributed by atoms with Crippen LogP contribution in [0.1, 0.15) is 27.4 Å². The van der Waals surface area contributed by atoms with E-state index in [4.69, 9.17) is 14.0 Å². The fourth-order valence-corrected chi connectivity index (χ4v) is 2.39. The molecule has 6 heteroatoms. The summed E-state index contributed by atoms with van der Waals surface area (Å²) in [5, 5.41) is 6.76. The van der Waals surface area contributed by atoms with Gasteiger partial charge in [-0.25, -0.2) is 0 Å². The Balaban J connectivity index is 1.51. The largest absolute Gasteiger partial charge is 0.497 e. The molecule has 0 radical (unpaired) electrons. The van der Waals surface area contributed by atoms with Crippen molar-refractivity contribution in [2.24, 2.45) is 0 Å². The number of hydrogen-bond donors (Lipinski definition) is 1. The lowest BCUT2D eigenvalue weighted by Crippen LogP contribution is -2.22. The van der Waals surface area contributed by atoms with Crippen LogP contribution in [0.25, 0.3) is 0 Å². The van der Waals surface area contributed by atoms with Gasteiger partial charge in [0.05, 0.1) is 13.7 Å². The van der Waals surface area contributed by atoms with E-state index in [-0.39, 0.29) is 12.5 Å². The summed E-state index contributed by atoms with van der Waals surface area (Å²) >= 11 is 0. The summed E-state index contributed by atoms with van der Waals surface area (Å²) in [7, 11) is 1.58. The quantitative estimate of drug-likeness (QED) is 0.704. The van der Waals surface area contributed by atoms with Gasteiger partial charge in [-0.15, -0.1) is 0 Å². The number of amides is 1. The van der Waals surface area contributed by atoms with E-state index in [0.29, 0.717) is 29.4 Å². The Kier molecular flexibility index (Phi) is 5.53. The molecule has 3 rings (SSSR count). The Morgan fingerprint density at radius 1 is 1.15 bits per heavy atom. The molecule has 0 bridgehead atoms. The second-order valence-corrected chi connectivity index (χ2v) is 5.75. The molecular weight excluding hydrogens is 332 g/mol. The third-order valence-electron chi connectivity index (χ3n) is 3.85. The molecule has 0 aliphatic carbocycles. The number of rotatable bonds is 7. The SMILES string of the molecule is COc1ccc(C(=O)NCc2cc(COc3ccccc3C)no2)cc1. The lowest BCUT2D eigenvalue weighted by atomic mass is 10.2. The van der Waals surface area contributed by atoms with Crippen LogP contribution in [-0.4, -0.2) is 18.2 Å². The first-order chi connectivity index (χ1) is 12.7. The van der Waals surface area contributed by atoms with Crippen LogP contribution < -0.4 is 14.8 Å². The van der Waals surface area contributed by atoms with E-state index in [1.165, 1.54) is 0 Å². The highest BCUT2D eigenvalue weighted by Crippen LogP contribution is 2.18. The van der Waals surface area contributed by atoms with Crippen molar-refractivity contribution in [3.8, 4) is 11.5 Å². The number of hydrogen-bond acceptors (Lipinski definition) is 5. The molecule has 0 aliphatic rings. The molecule has 6 nitrogen and oxygen atoms in total. The van der Waals surface area contributed by atoms with E-state index in [9.17, 15) is 4.79 Å². The maximum atomic E-state index is 12.1. The predicted molar refractivity (Wildman–Crippen MR) is 96.2 cm³/mol. The van der Waals surface area contributed by atoms with Gasteiger partial charge in [0.2, 0.25) is 0 Å². The number of para-hydroxylation sites is 1. The van der Waals surface area contributed by atoms with E-state index in [1.54, 1.807) is 37.4 Å². The van der Waals surface area contributed by atoms with Gasteiger partial charge in [-0.1, -0.05) is 23.4 Å². The van der Waals surface area contributed by atoms with Crippen molar-refractivity contribution in [1.82, 2.24) is 10.5 Å².